The van der Waals surface area contributed by atoms with Gasteiger partial charge in [-0.15, -0.1) is 24.0 Å². The summed E-state index contributed by atoms with van der Waals surface area (Å²) in [5.41, 5.74) is 2.07. The van der Waals surface area contributed by atoms with Crippen molar-refractivity contribution in [2.45, 2.75) is 26.2 Å². The van der Waals surface area contributed by atoms with E-state index in [9.17, 15) is 0 Å². The molecule has 0 bridgehead atoms. The Labute approximate surface area is 202 Å². The second-order valence-electron chi connectivity index (χ2n) is 6.76. The molecule has 2 rings (SSSR count). The van der Waals surface area contributed by atoms with E-state index in [0.717, 1.165) is 24.4 Å². The van der Waals surface area contributed by atoms with Gasteiger partial charge >= 0.3 is 0 Å². The Hall–Kier alpha value is -2.36. The van der Waals surface area contributed by atoms with Crippen LogP contribution in [0.5, 0.6) is 23.0 Å². The van der Waals surface area contributed by atoms with Crippen molar-refractivity contribution in [3.05, 3.63) is 42.0 Å². The van der Waals surface area contributed by atoms with Gasteiger partial charge in [-0.2, -0.15) is 0 Å². The first-order valence-electron chi connectivity index (χ1n) is 10.1. The van der Waals surface area contributed by atoms with Gasteiger partial charge in [-0.05, 0) is 37.0 Å². The predicted octanol–water partition coefficient (Wildman–Crippen LogP) is 4.91. The zero-order valence-corrected chi connectivity index (χ0v) is 21.5. The lowest BCUT2D eigenvalue weighted by atomic mass is 9.98. The number of nitrogens with one attached hydrogen (secondary N) is 2. The lowest BCUT2D eigenvalue weighted by molar-refractivity contribution is 0.324. The van der Waals surface area contributed by atoms with E-state index in [1.165, 1.54) is 5.56 Å². The first kappa shape index (κ1) is 26.7. The second kappa shape index (κ2) is 13.8. The van der Waals surface area contributed by atoms with Gasteiger partial charge in [-0.1, -0.05) is 19.1 Å². The van der Waals surface area contributed by atoms with Gasteiger partial charge in [0.05, 0.1) is 28.4 Å². The molecule has 2 aromatic rings. The van der Waals surface area contributed by atoms with Crippen molar-refractivity contribution in [1.82, 2.24) is 5.32 Å². The van der Waals surface area contributed by atoms with Crippen LogP contribution in [-0.2, 0) is 0 Å². The molecule has 0 spiro atoms. The van der Waals surface area contributed by atoms with E-state index >= 15 is 0 Å². The van der Waals surface area contributed by atoms with Crippen molar-refractivity contribution in [3.8, 4) is 23.0 Å². The van der Waals surface area contributed by atoms with E-state index < -0.39 is 0 Å². The summed E-state index contributed by atoms with van der Waals surface area (Å²) in [4.78, 5) is 4.72. The third-order valence-electron chi connectivity index (χ3n) is 4.79. The van der Waals surface area contributed by atoms with E-state index in [1.807, 2.05) is 31.2 Å². The molecule has 0 aliphatic carbocycles. The Balaban J connectivity index is 0.00000480. The highest BCUT2D eigenvalue weighted by atomic mass is 127. The molecule has 7 nitrogen and oxygen atoms in total. The number of aliphatic imine (C=N–C) groups is 1. The Bertz CT molecular complexity index is 803. The molecule has 1 atom stereocenters. The molecule has 0 saturated heterocycles. The largest absolute Gasteiger partial charge is 0.497 e. The molecule has 172 valence electrons. The Morgan fingerprint density at radius 1 is 0.935 bits per heavy atom. The topological polar surface area (TPSA) is 73.3 Å². The van der Waals surface area contributed by atoms with Gasteiger partial charge in [-0.3, -0.25) is 4.99 Å². The molecule has 0 saturated carbocycles. The maximum absolute atomic E-state index is 5.42. The van der Waals surface area contributed by atoms with Crippen molar-refractivity contribution < 1.29 is 18.9 Å². The molecule has 0 heterocycles. The fourth-order valence-corrected chi connectivity index (χ4v) is 3.07. The summed E-state index contributed by atoms with van der Waals surface area (Å²) < 4.78 is 21.5. The molecule has 8 heteroatoms. The fraction of sp³-hybridized carbons (Fsp3) is 0.435. The summed E-state index contributed by atoms with van der Waals surface area (Å²) >= 11 is 0. The molecule has 0 amide bonds. The number of nitrogens with zero attached hydrogens (tertiary/aromatic N) is 1. The summed E-state index contributed by atoms with van der Waals surface area (Å²) in [5, 5.41) is 6.59. The lowest BCUT2D eigenvalue weighted by Gasteiger charge is -2.17. The third kappa shape index (κ3) is 7.68. The maximum Gasteiger partial charge on any atom is 0.203 e. The number of ether oxygens (including phenoxy) is 4. The van der Waals surface area contributed by atoms with E-state index in [1.54, 1.807) is 28.4 Å². The number of rotatable bonds is 10. The minimum Gasteiger partial charge on any atom is -0.497 e. The first-order valence-corrected chi connectivity index (χ1v) is 10.1. The Morgan fingerprint density at radius 3 is 2.03 bits per heavy atom. The SMILES string of the molecule is CCNC(=NCCC(C)c1ccc(OC)cc1)Nc1cc(OC)c(OC)c(OC)c1.I. The van der Waals surface area contributed by atoms with Gasteiger partial charge in [0.25, 0.3) is 0 Å². The van der Waals surface area contributed by atoms with Crippen molar-refractivity contribution in [2.75, 3.05) is 46.8 Å². The van der Waals surface area contributed by atoms with Crippen LogP contribution in [0.25, 0.3) is 0 Å². The van der Waals surface area contributed by atoms with Crippen molar-refractivity contribution >= 4 is 35.6 Å². The Kier molecular flexibility index (Phi) is 11.9. The van der Waals surface area contributed by atoms with Crippen LogP contribution >= 0.6 is 24.0 Å². The third-order valence-corrected chi connectivity index (χ3v) is 4.79. The van der Waals surface area contributed by atoms with E-state index in [2.05, 4.69) is 29.7 Å². The van der Waals surface area contributed by atoms with Crippen LogP contribution in [0.2, 0.25) is 0 Å². The summed E-state index contributed by atoms with van der Waals surface area (Å²) in [6, 6.07) is 11.9. The van der Waals surface area contributed by atoms with Crippen LogP contribution < -0.4 is 29.6 Å². The molecule has 31 heavy (non-hydrogen) atoms. The molecule has 0 aromatic heterocycles. The van der Waals surface area contributed by atoms with E-state index in [0.29, 0.717) is 35.7 Å². The summed E-state index contributed by atoms with van der Waals surface area (Å²) in [6.07, 6.45) is 0.929. The summed E-state index contributed by atoms with van der Waals surface area (Å²) in [7, 11) is 6.46. The normalized spacial score (nSPS) is 11.7. The molecular formula is C23H34IN3O4. The number of hydrogen-bond acceptors (Lipinski definition) is 5. The van der Waals surface area contributed by atoms with Gasteiger partial charge in [0.2, 0.25) is 5.75 Å². The molecule has 0 fully saturated rings. The highest BCUT2D eigenvalue weighted by Crippen LogP contribution is 2.39. The van der Waals surface area contributed by atoms with Gasteiger partial charge in [-0.25, -0.2) is 0 Å². The second-order valence-corrected chi connectivity index (χ2v) is 6.76. The van der Waals surface area contributed by atoms with Crippen LogP contribution in [0.4, 0.5) is 5.69 Å². The molecule has 0 aliphatic rings. The number of guanidine groups is 1. The van der Waals surface area contributed by atoms with Crippen LogP contribution in [0.3, 0.4) is 0 Å². The van der Waals surface area contributed by atoms with Crippen LogP contribution in [0.15, 0.2) is 41.4 Å². The predicted molar refractivity (Wildman–Crippen MR) is 137 cm³/mol. The average Bonchev–Trinajstić information content (AvgIpc) is 2.78. The molecule has 0 radical (unpaired) electrons. The number of benzene rings is 2. The minimum atomic E-state index is 0. The minimum absolute atomic E-state index is 0. The smallest absolute Gasteiger partial charge is 0.203 e. The standard InChI is InChI=1S/C23H33N3O4.HI/c1-7-24-23(25-13-12-16(2)17-8-10-19(27-3)11-9-17)26-18-14-20(28-4)22(30-6)21(15-18)29-5;/h8-11,14-16H,7,12-13H2,1-6H3,(H2,24,25,26);1H. The monoisotopic (exact) mass is 543 g/mol. The molecule has 1 unspecified atom stereocenters. The van der Waals surface area contributed by atoms with Gasteiger partial charge in [0.15, 0.2) is 17.5 Å². The Morgan fingerprint density at radius 2 is 1.55 bits per heavy atom. The number of hydrogen-bond donors (Lipinski definition) is 2. The zero-order valence-electron chi connectivity index (χ0n) is 19.2. The highest BCUT2D eigenvalue weighted by Gasteiger charge is 2.14. The number of halogens is 1. The highest BCUT2D eigenvalue weighted by molar-refractivity contribution is 14.0. The lowest BCUT2D eigenvalue weighted by Crippen LogP contribution is -2.30. The average molecular weight is 543 g/mol. The van der Waals surface area contributed by atoms with Crippen molar-refractivity contribution in [1.29, 1.82) is 0 Å². The summed E-state index contributed by atoms with van der Waals surface area (Å²) in [5.74, 6) is 3.69. The fourth-order valence-electron chi connectivity index (χ4n) is 3.07. The number of methoxy groups -OCH3 is 4. The molecular weight excluding hydrogens is 509 g/mol. The van der Waals surface area contributed by atoms with E-state index in [4.69, 9.17) is 23.9 Å². The zero-order chi connectivity index (χ0) is 21.9. The number of anilines is 1. The quantitative estimate of drug-likeness (QED) is 0.252. The van der Waals surface area contributed by atoms with Crippen molar-refractivity contribution in [3.63, 3.8) is 0 Å². The van der Waals surface area contributed by atoms with Crippen LogP contribution in [0, 0.1) is 0 Å². The van der Waals surface area contributed by atoms with Gasteiger partial charge < -0.3 is 29.6 Å². The van der Waals surface area contributed by atoms with Crippen LogP contribution in [0.1, 0.15) is 31.7 Å². The van der Waals surface area contributed by atoms with Gasteiger partial charge in [0.1, 0.15) is 5.75 Å². The summed E-state index contributed by atoms with van der Waals surface area (Å²) in [6.45, 7) is 5.68. The maximum atomic E-state index is 5.42. The van der Waals surface area contributed by atoms with Crippen molar-refractivity contribution in [2.24, 2.45) is 4.99 Å². The van der Waals surface area contributed by atoms with E-state index in [-0.39, 0.29) is 24.0 Å². The molecule has 2 N–H and O–H groups in total. The first-order chi connectivity index (χ1) is 14.6. The molecule has 0 aliphatic heterocycles. The molecule has 2 aromatic carbocycles. The van der Waals surface area contributed by atoms with Gasteiger partial charge in [0, 0.05) is 30.9 Å². The van der Waals surface area contributed by atoms with Crippen LogP contribution in [-0.4, -0.2) is 47.5 Å².